The number of hydrogen-bond acceptors (Lipinski definition) is 4. The summed E-state index contributed by atoms with van der Waals surface area (Å²) in [5.74, 6) is 0.645. The summed E-state index contributed by atoms with van der Waals surface area (Å²) in [5.41, 5.74) is 1.51. The second-order valence-electron chi connectivity index (χ2n) is 8.10. The number of benzene rings is 2. The zero-order valence-electron chi connectivity index (χ0n) is 17.5. The van der Waals surface area contributed by atoms with E-state index in [9.17, 15) is 13.2 Å². The number of piperidine rings is 1. The molecule has 0 bridgehead atoms. The molecule has 2 aromatic carbocycles. The molecule has 0 unspecified atom stereocenters. The van der Waals surface area contributed by atoms with Crippen LogP contribution in [0.2, 0.25) is 0 Å². The first kappa shape index (κ1) is 20.5. The van der Waals surface area contributed by atoms with Crippen LogP contribution in [0.15, 0.2) is 60.8 Å². The van der Waals surface area contributed by atoms with Gasteiger partial charge in [-0.05, 0) is 36.5 Å². The van der Waals surface area contributed by atoms with Crippen molar-refractivity contribution >= 4 is 16.6 Å². The predicted molar refractivity (Wildman–Crippen MR) is 117 cm³/mol. The third-order valence-corrected chi connectivity index (χ3v) is 6.23. The van der Waals surface area contributed by atoms with Crippen molar-refractivity contribution in [3.05, 3.63) is 71.9 Å². The van der Waals surface area contributed by atoms with Gasteiger partial charge in [0.25, 0.3) is 0 Å². The number of aryl methyl sites for hydroxylation is 1. The van der Waals surface area contributed by atoms with E-state index in [0.29, 0.717) is 31.5 Å². The summed E-state index contributed by atoms with van der Waals surface area (Å²) in [4.78, 5) is 2.13. The van der Waals surface area contributed by atoms with Crippen LogP contribution >= 0.6 is 0 Å². The molecular weight excluding hydrogens is 415 g/mol. The Hall–Kier alpha value is -3.42. The molecule has 0 aliphatic carbocycles. The first-order valence-electron chi connectivity index (χ1n) is 10.6. The van der Waals surface area contributed by atoms with Gasteiger partial charge < -0.3 is 4.90 Å². The molecule has 0 radical (unpaired) electrons. The van der Waals surface area contributed by atoms with Crippen molar-refractivity contribution < 1.29 is 13.2 Å². The SMILES string of the molecule is Cn1nccc1-c1nnc(N2CCC(c3ccccc3C(F)(F)F)CC2)c2ccccc12. The second-order valence-corrected chi connectivity index (χ2v) is 8.10. The highest BCUT2D eigenvalue weighted by atomic mass is 19.4. The Kier molecular flexibility index (Phi) is 5.07. The van der Waals surface area contributed by atoms with Crippen LogP contribution in [0.1, 0.15) is 29.9 Å². The van der Waals surface area contributed by atoms with Gasteiger partial charge in [-0.3, -0.25) is 4.68 Å². The molecular formula is C24H22F3N5. The first-order chi connectivity index (χ1) is 15.4. The van der Waals surface area contributed by atoms with E-state index in [2.05, 4.69) is 20.2 Å². The van der Waals surface area contributed by atoms with E-state index in [1.54, 1.807) is 23.0 Å². The van der Waals surface area contributed by atoms with Gasteiger partial charge in [0.2, 0.25) is 0 Å². The molecule has 0 N–H and O–H groups in total. The van der Waals surface area contributed by atoms with Crippen molar-refractivity contribution in [3.63, 3.8) is 0 Å². The topological polar surface area (TPSA) is 46.8 Å². The van der Waals surface area contributed by atoms with Crippen molar-refractivity contribution in [2.75, 3.05) is 18.0 Å². The Morgan fingerprint density at radius 3 is 2.25 bits per heavy atom. The smallest absolute Gasteiger partial charge is 0.355 e. The summed E-state index contributed by atoms with van der Waals surface area (Å²) >= 11 is 0. The highest BCUT2D eigenvalue weighted by Crippen LogP contribution is 2.40. The Balaban J connectivity index is 1.44. The van der Waals surface area contributed by atoms with Gasteiger partial charge in [0.1, 0.15) is 5.69 Å². The number of rotatable bonds is 3. The van der Waals surface area contributed by atoms with Gasteiger partial charge in [-0.1, -0.05) is 42.5 Å². The molecule has 1 saturated heterocycles. The molecule has 4 aromatic rings. The fourth-order valence-electron chi connectivity index (χ4n) is 4.63. The molecule has 5 rings (SSSR count). The Labute approximate surface area is 183 Å². The normalized spacial score (nSPS) is 15.4. The van der Waals surface area contributed by atoms with Crippen molar-refractivity contribution in [2.24, 2.45) is 7.05 Å². The first-order valence-corrected chi connectivity index (χ1v) is 10.6. The Morgan fingerprint density at radius 1 is 0.875 bits per heavy atom. The van der Waals surface area contributed by atoms with Gasteiger partial charge in [0.15, 0.2) is 5.82 Å². The summed E-state index contributed by atoms with van der Waals surface area (Å²) in [6.07, 6.45) is -1.35. The minimum absolute atomic E-state index is 0.128. The maximum Gasteiger partial charge on any atom is 0.416 e. The highest BCUT2D eigenvalue weighted by molar-refractivity contribution is 5.99. The van der Waals surface area contributed by atoms with Crippen LogP contribution in [0.3, 0.4) is 0 Å². The third kappa shape index (κ3) is 3.59. The lowest BCUT2D eigenvalue weighted by atomic mass is 9.86. The number of hydrogen-bond donors (Lipinski definition) is 0. The number of halogens is 3. The Bertz CT molecular complexity index is 1260. The molecule has 1 fully saturated rings. The van der Waals surface area contributed by atoms with E-state index in [1.165, 1.54) is 12.1 Å². The van der Waals surface area contributed by atoms with Crippen molar-refractivity contribution in [1.82, 2.24) is 20.0 Å². The van der Waals surface area contributed by atoms with Crippen LogP contribution in [0.25, 0.3) is 22.2 Å². The molecule has 1 aliphatic rings. The van der Waals surface area contributed by atoms with Crippen LogP contribution < -0.4 is 4.90 Å². The number of nitrogens with zero attached hydrogens (tertiary/aromatic N) is 5. The zero-order chi connectivity index (χ0) is 22.3. The monoisotopic (exact) mass is 437 g/mol. The summed E-state index contributed by atoms with van der Waals surface area (Å²) in [7, 11) is 1.86. The maximum absolute atomic E-state index is 13.5. The van der Waals surface area contributed by atoms with Gasteiger partial charge in [0, 0.05) is 37.1 Å². The van der Waals surface area contributed by atoms with Gasteiger partial charge in [-0.15, -0.1) is 10.2 Å². The fourth-order valence-corrected chi connectivity index (χ4v) is 4.63. The molecule has 0 saturated carbocycles. The average molecular weight is 437 g/mol. The maximum atomic E-state index is 13.5. The van der Waals surface area contributed by atoms with Crippen LogP contribution in [0.5, 0.6) is 0 Å². The highest BCUT2D eigenvalue weighted by Gasteiger charge is 2.36. The summed E-state index contributed by atoms with van der Waals surface area (Å²) in [6, 6.07) is 15.8. The fraction of sp³-hybridized carbons (Fsp3) is 0.292. The number of fused-ring (bicyclic) bond motifs is 1. The van der Waals surface area contributed by atoms with Crippen molar-refractivity contribution in [3.8, 4) is 11.4 Å². The van der Waals surface area contributed by atoms with E-state index in [0.717, 1.165) is 28.0 Å². The molecule has 0 spiro atoms. The molecule has 5 nitrogen and oxygen atoms in total. The predicted octanol–water partition coefficient (Wildman–Crippen LogP) is 5.43. The van der Waals surface area contributed by atoms with Gasteiger partial charge >= 0.3 is 6.18 Å². The minimum atomic E-state index is -4.34. The molecule has 8 heteroatoms. The van der Waals surface area contributed by atoms with Crippen molar-refractivity contribution in [2.45, 2.75) is 24.9 Å². The number of alkyl halides is 3. The van der Waals surface area contributed by atoms with E-state index in [-0.39, 0.29) is 5.92 Å². The average Bonchev–Trinajstić information content (AvgIpc) is 3.23. The van der Waals surface area contributed by atoms with Crippen LogP contribution in [-0.2, 0) is 13.2 Å². The molecule has 32 heavy (non-hydrogen) atoms. The van der Waals surface area contributed by atoms with E-state index >= 15 is 0 Å². The Morgan fingerprint density at radius 2 is 1.56 bits per heavy atom. The molecule has 0 amide bonds. The quantitative estimate of drug-likeness (QED) is 0.429. The van der Waals surface area contributed by atoms with E-state index in [1.807, 2.05) is 37.4 Å². The van der Waals surface area contributed by atoms with Crippen LogP contribution in [-0.4, -0.2) is 33.1 Å². The standard InChI is InChI=1S/C24H22F3N5/c1-31-21(10-13-28-31)22-18-7-2-3-8-19(18)23(30-29-22)32-14-11-16(12-15-32)17-6-4-5-9-20(17)24(25,26)27/h2-10,13,16H,11-12,14-15H2,1H3. The van der Waals surface area contributed by atoms with Crippen LogP contribution in [0.4, 0.5) is 19.0 Å². The molecule has 164 valence electrons. The summed E-state index contributed by atoms with van der Waals surface area (Å²) in [6.45, 7) is 1.25. The lowest BCUT2D eigenvalue weighted by Crippen LogP contribution is -2.34. The third-order valence-electron chi connectivity index (χ3n) is 6.23. The van der Waals surface area contributed by atoms with Gasteiger partial charge in [0.05, 0.1) is 11.3 Å². The largest absolute Gasteiger partial charge is 0.416 e. The van der Waals surface area contributed by atoms with E-state index < -0.39 is 11.7 Å². The lowest BCUT2D eigenvalue weighted by Gasteiger charge is -2.34. The number of anilines is 1. The van der Waals surface area contributed by atoms with E-state index in [4.69, 9.17) is 0 Å². The molecule has 1 aliphatic heterocycles. The van der Waals surface area contributed by atoms with Crippen LogP contribution in [0, 0.1) is 0 Å². The molecule has 3 heterocycles. The summed E-state index contributed by atoms with van der Waals surface area (Å²) in [5, 5.41) is 15.2. The zero-order valence-corrected chi connectivity index (χ0v) is 17.5. The van der Waals surface area contributed by atoms with Crippen molar-refractivity contribution in [1.29, 1.82) is 0 Å². The van der Waals surface area contributed by atoms with Gasteiger partial charge in [-0.25, -0.2) is 0 Å². The number of aromatic nitrogens is 4. The summed E-state index contributed by atoms with van der Waals surface area (Å²) < 4.78 is 42.2. The van der Waals surface area contributed by atoms with Gasteiger partial charge in [-0.2, -0.15) is 18.3 Å². The minimum Gasteiger partial charge on any atom is -0.355 e. The lowest BCUT2D eigenvalue weighted by molar-refractivity contribution is -0.138. The molecule has 0 atom stereocenters. The molecule has 2 aromatic heterocycles. The second kappa shape index (κ2) is 7.93.